The van der Waals surface area contributed by atoms with Crippen molar-refractivity contribution in [1.29, 1.82) is 0 Å². The summed E-state index contributed by atoms with van der Waals surface area (Å²) in [6.45, 7) is 0.529. The highest BCUT2D eigenvalue weighted by Crippen LogP contribution is 2.16. The molecule has 1 aromatic carbocycles. The number of benzene rings is 1. The molecule has 0 unspecified atom stereocenters. The first kappa shape index (κ1) is 11.7. The maximum absolute atomic E-state index is 8.28. The van der Waals surface area contributed by atoms with E-state index in [0.717, 1.165) is 16.5 Å². The molecule has 0 N–H and O–H groups in total. The van der Waals surface area contributed by atoms with E-state index in [4.69, 9.17) is 11.1 Å². The van der Waals surface area contributed by atoms with Gasteiger partial charge in [0.25, 0.3) is 0 Å². The Hall–Kier alpha value is -2.75. The average molecular weight is 239 g/mol. The smallest absolute Gasteiger partial charge is 0.0708 e. The SMILES string of the molecule is [N-]=[N+]=NCc1ccc2ccc(CN=[N+]=[N-])nc2c1. The van der Waals surface area contributed by atoms with E-state index in [9.17, 15) is 0 Å². The van der Waals surface area contributed by atoms with Crippen molar-refractivity contribution >= 4 is 10.9 Å². The Bertz CT molecular complexity index is 611. The van der Waals surface area contributed by atoms with Gasteiger partial charge in [-0.2, -0.15) is 0 Å². The van der Waals surface area contributed by atoms with Gasteiger partial charge in [0.1, 0.15) is 0 Å². The number of hydrogen-bond donors (Lipinski definition) is 0. The van der Waals surface area contributed by atoms with Crippen LogP contribution in [0.2, 0.25) is 0 Å². The fourth-order valence-electron chi connectivity index (χ4n) is 1.61. The fraction of sp³-hybridized carbons (Fsp3) is 0.182. The van der Waals surface area contributed by atoms with Crippen LogP contribution in [0, 0.1) is 0 Å². The molecule has 7 nitrogen and oxygen atoms in total. The molecule has 0 saturated carbocycles. The van der Waals surface area contributed by atoms with Crippen molar-refractivity contribution in [3.8, 4) is 0 Å². The number of pyridine rings is 1. The fourth-order valence-corrected chi connectivity index (χ4v) is 1.61. The van der Waals surface area contributed by atoms with Crippen molar-refractivity contribution in [1.82, 2.24) is 4.98 Å². The minimum atomic E-state index is 0.229. The van der Waals surface area contributed by atoms with Gasteiger partial charge in [-0.15, -0.1) is 0 Å². The molecule has 0 saturated heterocycles. The standard InChI is InChI=1S/C11H9N7/c12-17-14-6-8-1-2-9-3-4-10(7-15-18-13)16-11(9)5-8/h1-5H,6-7H2. The Morgan fingerprint density at radius 1 is 1.00 bits per heavy atom. The summed E-state index contributed by atoms with van der Waals surface area (Å²) in [6, 6.07) is 9.42. The van der Waals surface area contributed by atoms with Crippen molar-refractivity contribution in [2.45, 2.75) is 13.1 Å². The highest BCUT2D eigenvalue weighted by molar-refractivity contribution is 5.79. The normalized spacial score (nSPS) is 9.56. The molecular formula is C11H9N7. The Kier molecular flexibility index (Phi) is 3.61. The van der Waals surface area contributed by atoms with Crippen LogP contribution >= 0.6 is 0 Å². The van der Waals surface area contributed by atoms with Gasteiger partial charge in [-0.25, -0.2) is 0 Å². The molecule has 2 aromatic rings. The number of fused-ring (bicyclic) bond motifs is 1. The summed E-state index contributed by atoms with van der Waals surface area (Å²) in [5.41, 5.74) is 18.9. The summed E-state index contributed by atoms with van der Waals surface area (Å²) in [6.07, 6.45) is 0. The second kappa shape index (κ2) is 5.54. The molecule has 0 aliphatic carbocycles. The summed E-state index contributed by atoms with van der Waals surface area (Å²) in [5.74, 6) is 0. The van der Waals surface area contributed by atoms with Crippen LogP contribution in [0.15, 0.2) is 40.6 Å². The zero-order valence-electron chi connectivity index (χ0n) is 9.43. The number of nitrogens with zero attached hydrogens (tertiary/aromatic N) is 7. The number of aromatic nitrogens is 1. The summed E-state index contributed by atoms with van der Waals surface area (Å²) >= 11 is 0. The lowest BCUT2D eigenvalue weighted by Gasteiger charge is -2.02. The molecule has 1 aromatic heterocycles. The van der Waals surface area contributed by atoms with Crippen LogP contribution < -0.4 is 0 Å². The lowest BCUT2D eigenvalue weighted by molar-refractivity contribution is 0.988. The third kappa shape index (κ3) is 2.68. The summed E-state index contributed by atoms with van der Waals surface area (Å²) in [5, 5.41) is 7.97. The predicted molar refractivity (Wildman–Crippen MR) is 67.4 cm³/mol. The van der Waals surface area contributed by atoms with Crippen molar-refractivity contribution in [2.24, 2.45) is 10.2 Å². The number of azide groups is 2. The van der Waals surface area contributed by atoms with Crippen LogP contribution in [0.5, 0.6) is 0 Å². The van der Waals surface area contributed by atoms with Gasteiger partial charge in [0, 0.05) is 20.9 Å². The third-order valence-corrected chi connectivity index (χ3v) is 2.43. The van der Waals surface area contributed by atoms with Crippen LogP contribution in [0.25, 0.3) is 31.8 Å². The van der Waals surface area contributed by atoms with Gasteiger partial charge in [0.2, 0.25) is 0 Å². The van der Waals surface area contributed by atoms with Gasteiger partial charge in [-0.3, -0.25) is 4.98 Å². The van der Waals surface area contributed by atoms with Crippen molar-refractivity contribution in [3.05, 3.63) is 62.5 Å². The first-order chi connectivity index (χ1) is 8.83. The van der Waals surface area contributed by atoms with Crippen LogP contribution in [0.3, 0.4) is 0 Å². The Labute approximate surface area is 102 Å². The van der Waals surface area contributed by atoms with E-state index in [0.29, 0.717) is 12.2 Å². The summed E-state index contributed by atoms with van der Waals surface area (Å²) < 4.78 is 0. The van der Waals surface area contributed by atoms with E-state index >= 15 is 0 Å². The number of hydrogen-bond acceptors (Lipinski definition) is 3. The molecule has 0 aliphatic rings. The molecule has 0 aliphatic heterocycles. The van der Waals surface area contributed by atoms with E-state index in [1.54, 1.807) is 0 Å². The van der Waals surface area contributed by atoms with Gasteiger partial charge in [0.05, 0.1) is 18.6 Å². The van der Waals surface area contributed by atoms with Crippen LogP contribution in [0.4, 0.5) is 0 Å². The van der Waals surface area contributed by atoms with Crippen molar-refractivity contribution < 1.29 is 0 Å². The van der Waals surface area contributed by atoms with E-state index in [-0.39, 0.29) is 6.54 Å². The Morgan fingerprint density at radius 3 is 2.50 bits per heavy atom. The van der Waals surface area contributed by atoms with Gasteiger partial charge in [0.15, 0.2) is 0 Å². The van der Waals surface area contributed by atoms with E-state index in [2.05, 4.69) is 25.0 Å². The van der Waals surface area contributed by atoms with Crippen LogP contribution in [-0.2, 0) is 13.1 Å². The minimum absolute atomic E-state index is 0.229. The molecule has 0 spiro atoms. The maximum Gasteiger partial charge on any atom is 0.0708 e. The second-order valence-electron chi connectivity index (χ2n) is 3.61. The largest absolute Gasteiger partial charge is 0.253 e. The highest BCUT2D eigenvalue weighted by atomic mass is 15.1. The van der Waals surface area contributed by atoms with Gasteiger partial charge >= 0.3 is 0 Å². The average Bonchev–Trinajstić information content (AvgIpc) is 2.42. The Morgan fingerprint density at radius 2 is 1.72 bits per heavy atom. The van der Waals surface area contributed by atoms with Gasteiger partial charge < -0.3 is 0 Å². The first-order valence-corrected chi connectivity index (χ1v) is 5.24. The van der Waals surface area contributed by atoms with Crippen LogP contribution in [-0.4, -0.2) is 4.98 Å². The van der Waals surface area contributed by atoms with E-state index < -0.39 is 0 Å². The zero-order chi connectivity index (χ0) is 12.8. The molecule has 0 radical (unpaired) electrons. The lowest BCUT2D eigenvalue weighted by atomic mass is 10.1. The van der Waals surface area contributed by atoms with Crippen molar-refractivity contribution in [3.63, 3.8) is 0 Å². The molecule has 0 fully saturated rings. The third-order valence-electron chi connectivity index (χ3n) is 2.43. The molecule has 0 bridgehead atoms. The highest BCUT2D eigenvalue weighted by Gasteiger charge is 1.99. The molecular weight excluding hydrogens is 230 g/mol. The first-order valence-electron chi connectivity index (χ1n) is 5.24. The molecule has 7 heteroatoms. The quantitative estimate of drug-likeness (QED) is 0.450. The molecule has 88 valence electrons. The minimum Gasteiger partial charge on any atom is -0.253 e. The van der Waals surface area contributed by atoms with Crippen molar-refractivity contribution in [2.75, 3.05) is 0 Å². The van der Waals surface area contributed by atoms with Gasteiger partial charge in [-0.1, -0.05) is 28.4 Å². The summed E-state index contributed by atoms with van der Waals surface area (Å²) in [4.78, 5) is 9.80. The molecule has 0 amide bonds. The molecule has 2 rings (SSSR count). The predicted octanol–water partition coefficient (Wildman–Crippen LogP) is 3.86. The van der Waals surface area contributed by atoms with Gasteiger partial charge in [-0.05, 0) is 28.8 Å². The zero-order valence-corrected chi connectivity index (χ0v) is 9.43. The Balaban J connectivity index is 2.39. The maximum atomic E-state index is 8.28. The monoisotopic (exact) mass is 239 g/mol. The summed E-state index contributed by atoms with van der Waals surface area (Å²) in [7, 11) is 0. The van der Waals surface area contributed by atoms with E-state index in [1.807, 2.05) is 30.3 Å². The molecule has 18 heavy (non-hydrogen) atoms. The molecule has 0 atom stereocenters. The van der Waals surface area contributed by atoms with E-state index in [1.165, 1.54) is 0 Å². The number of rotatable bonds is 4. The topological polar surface area (TPSA) is 110 Å². The lowest BCUT2D eigenvalue weighted by Crippen LogP contribution is -1.89. The van der Waals surface area contributed by atoms with Crippen LogP contribution in [0.1, 0.15) is 11.3 Å². The molecule has 1 heterocycles. The second-order valence-corrected chi connectivity index (χ2v) is 3.61.